The van der Waals surface area contributed by atoms with E-state index in [2.05, 4.69) is 0 Å². The van der Waals surface area contributed by atoms with Gasteiger partial charge in [0, 0.05) is 10.0 Å². The van der Waals surface area contributed by atoms with Crippen LogP contribution in [0, 0.1) is 0 Å². The Balaban J connectivity index is 2.11. The maximum absolute atomic E-state index is 13.5. The first-order valence-electron chi connectivity index (χ1n) is 8.30. The van der Waals surface area contributed by atoms with Crippen LogP contribution < -0.4 is 0 Å². The van der Waals surface area contributed by atoms with E-state index in [0.717, 1.165) is 0 Å². The highest BCUT2D eigenvalue weighted by molar-refractivity contribution is 6.34. The number of halogens is 5. The minimum absolute atomic E-state index is 0.129. The highest BCUT2D eigenvalue weighted by Gasteiger charge is 2.47. The highest BCUT2D eigenvalue weighted by atomic mass is 35.5. The summed E-state index contributed by atoms with van der Waals surface area (Å²) in [5, 5.41) is 0.714. The van der Waals surface area contributed by atoms with E-state index in [-0.39, 0.29) is 5.56 Å². The molecule has 1 aliphatic heterocycles. The lowest BCUT2D eigenvalue weighted by atomic mass is 9.90. The molecule has 148 valence electrons. The monoisotopic (exact) mass is 429 g/mol. The second-order valence-corrected chi connectivity index (χ2v) is 7.66. The molecule has 1 heterocycles. The molecular weight excluding hydrogens is 414 g/mol. The van der Waals surface area contributed by atoms with Crippen molar-refractivity contribution in [3.8, 4) is 0 Å². The first kappa shape index (κ1) is 20.6. The Kier molecular flexibility index (Phi) is 5.38. The maximum atomic E-state index is 13.5. The quantitative estimate of drug-likeness (QED) is 0.596. The summed E-state index contributed by atoms with van der Waals surface area (Å²) >= 11 is 12.1. The Morgan fingerprint density at radius 1 is 1.00 bits per heavy atom. The van der Waals surface area contributed by atoms with Crippen LogP contribution in [0.1, 0.15) is 25.0 Å². The summed E-state index contributed by atoms with van der Waals surface area (Å²) in [5.41, 5.74) is -0.849. The molecule has 0 atom stereocenters. The first-order chi connectivity index (χ1) is 13.0. The number of rotatable bonds is 3. The van der Waals surface area contributed by atoms with Crippen molar-refractivity contribution in [1.29, 1.82) is 0 Å². The van der Waals surface area contributed by atoms with Crippen molar-refractivity contribution in [1.82, 2.24) is 4.90 Å². The van der Waals surface area contributed by atoms with Crippen molar-refractivity contribution in [2.45, 2.75) is 25.6 Å². The Bertz CT molecular complexity index is 920. The van der Waals surface area contributed by atoms with Gasteiger partial charge in [0.2, 0.25) is 5.76 Å². The van der Waals surface area contributed by atoms with Crippen molar-refractivity contribution >= 4 is 34.7 Å². The second kappa shape index (κ2) is 7.33. The Hall–Kier alpha value is -2.18. The van der Waals surface area contributed by atoms with Gasteiger partial charge in [0.1, 0.15) is 0 Å². The largest absolute Gasteiger partial charge is 0.467 e. The molecule has 8 heteroatoms. The van der Waals surface area contributed by atoms with E-state index in [1.807, 2.05) is 0 Å². The molecule has 28 heavy (non-hydrogen) atoms. The lowest BCUT2D eigenvalue weighted by Crippen LogP contribution is -2.50. The summed E-state index contributed by atoms with van der Waals surface area (Å²) in [5.74, 6) is -2.08. The van der Waals surface area contributed by atoms with Crippen LogP contribution in [-0.2, 0) is 15.1 Å². The fourth-order valence-electron chi connectivity index (χ4n) is 3.05. The van der Waals surface area contributed by atoms with E-state index in [9.17, 15) is 18.0 Å². The summed E-state index contributed by atoms with van der Waals surface area (Å²) < 4.78 is 45.6. The molecule has 0 aliphatic carbocycles. The van der Waals surface area contributed by atoms with Crippen LogP contribution in [0.15, 0.2) is 54.3 Å². The summed E-state index contributed by atoms with van der Waals surface area (Å²) in [7, 11) is 0. The highest BCUT2D eigenvalue weighted by Crippen LogP contribution is 2.41. The molecule has 0 saturated heterocycles. The minimum atomic E-state index is -4.80. The van der Waals surface area contributed by atoms with Crippen molar-refractivity contribution in [2.24, 2.45) is 0 Å². The van der Waals surface area contributed by atoms with E-state index >= 15 is 0 Å². The number of carbonyl (C=O) groups is 1. The number of nitrogens with zero attached hydrogens (tertiary/aromatic N) is 1. The van der Waals surface area contributed by atoms with Gasteiger partial charge in [-0.1, -0.05) is 53.5 Å². The van der Waals surface area contributed by atoms with E-state index in [4.69, 9.17) is 27.9 Å². The fourth-order valence-corrected chi connectivity index (χ4v) is 3.58. The minimum Gasteiger partial charge on any atom is -0.467 e. The lowest BCUT2D eigenvalue weighted by Gasteiger charge is -2.42. The molecule has 0 N–H and O–H groups in total. The molecule has 0 bridgehead atoms. The third kappa shape index (κ3) is 3.84. The maximum Gasteiger partial charge on any atom is 0.449 e. The van der Waals surface area contributed by atoms with Gasteiger partial charge in [-0.15, -0.1) is 0 Å². The SMILES string of the molecule is CC(C)(c1cc(Cl)cc(Cl)c1)N1COC(C(F)(F)F)=C(c2ccccc2)C1=O. The standard InChI is InChI=1S/C20H16Cl2F3NO2/c1-19(2,13-8-14(21)10-15(22)9-13)26-11-28-17(20(23,24)25)16(18(26)27)12-6-4-3-5-7-12/h3-10H,11H2,1-2H3. The van der Waals surface area contributed by atoms with Gasteiger partial charge in [-0.2, -0.15) is 13.2 Å². The van der Waals surface area contributed by atoms with Gasteiger partial charge in [0.25, 0.3) is 5.91 Å². The number of ether oxygens (including phenoxy) is 1. The number of hydrogen-bond acceptors (Lipinski definition) is 2. The molecule has 2 aromatic rings. The number of hydrogen-bond donors (Lipinski definition) is 0. The molecule has 0 unspecified atom stereocenters. The topological polar surface area (TPSA) is 29.5 Å². The van der Waals surface area contributed by atoms with E-state index in [0.29, 0.717) is 15.6 Å². The van der Waals surface area contributed by atoms with Crippen LogP contribution in [0.4, 0.5) is 13.2 Å². The van der Waals surface area contributed by atoms with Gasteiger partial charge in [-0.25, -0.2) is 0 Å². The van der Waals surface area contributed by atoms with Gasteiger partial charge >= 0.3 is 6.18 Å². The molecule has 3 nitrogen and oxygen atoms in total. The summed E-state index contributed by atoms with van der Waals surface area (Å²) in [6.07, 6.45) is -4.80. The van der Waals surface area contributed by atoms with Crippen LogP contribution in [0.3, 0.4) is 0 Å². The van der Waals surface area contributed by atoms with Crippen LogP contribution >= 0.6 is 23.2 Å². The molecule has 1 aliphatic rings. The smallest absolute Gasteiger partial charge is 0.449 e. The molecule has 0 saturated carbocycles. The average molecular weight is 430 g/mol. The number of amides is 1. The van der Waals surface area contributed by atoms with Crippen molar-refractivity contribution in [2.75, 3.05) is 6.73 Å². The summed E-state index contributed by atoms with van der Waals surface area (Å²) in [4.78, 5) is 14.4. The Morgan fingerprint density at radius 3 is 2.11 bits per heavy atom. The number of carbonyl (C=O) groups excluding carboxylic acids is 1. The van der Waals surface area contributed by atoms with Gasteiger partial charge < -0.3 is 4.74 Å². The Labute approximate surface area is 170 Å². The van der Waals surface area contributed by atoms with Crippen molar-refractivity contribution in [3.63, 3.8) is 0 Å². The lowest BCUT2D eigenvalue weighted by molar-refractivity contribution is -0.162. The van der Waals surface area contributed by atoms with Crippen molar-refractivity contribution < 1.29 is 22.7 Å². The first-order valence-corrected chi connectivity index (χ1v) is 9.05. The predicted octanol–water partition coefficient (Wildman–Crippen LogP) is 6.02. The van der Waals surface area contributed by atoms with E-state index in [1.165, 1.54) is 23.1 Å². The van der Waals surface area contributed by atoms with Crippen LogP contribution in [-0.4, -0.2) is 23.7 Å². The summed E-state index contributed by atoms with van der Waals surface area (Å²) in [6, 6.07) is 12.4. The Morgan fingerprint density at radius 2 is 1.57 bits per heavy atom. The average Bonchev–Trinajstić information content (AvgIpc) is 2.60. The van der Waals surface area contributed by atoms with Gasteiger partial charge in [-0.3, -0.25) is 9.69 Å². The number of benzene rings is 2. The number of alkyl halides is 3. The molecule has 3 rings (SSSR count). The van der Waals surface area contributed by atoms with E-state index in [1.54, 1.807) is 44.2 Å². The zero-order chi connectivity index (χ0) is 20.7. The van der Waals surface area contributed by atoms with Crippen LogP contribution in [0.5, 0.6) is 0 Å². The molecule has 2 aromatic carbocycles. The zero-order valence-corrected chi connectivity index (χ0v) is 16.5. The second-order valence-electron chi connectivity index (χ2n) is 6.79. The molecular formula is C20H16Cl2F3NO2. The predicted molar refractivity (Wildman–Crippen MR) is 102 cm³/mol. The normalized spacial score (nSPS) is 15.7. The fraction of sp³-hybridized carbons (Fsp3) is 0.250. The molecule has 0 fully saturated rings. The van der Waals surface area contributed by atoms with Gasteiger partial charge in [-0.05, 0) is 43.2 Å². The van der Waals surface area contributed by atoms with Crippen LogP contribution in [0.2, 0.25) is 10.0 Å². The summed E-state index contributed by atoms with van der Waals surface area (Å²) in [6.45, 7) is 2.83. The van der Waals surface area contributed by atoms with Crippen molar-refractivity contribution in [3.05, 3.63) is 75.5 Å². The third-order valence-electron chi connectivity index (χ3n) is 4.59. The van der Waals surface area contributed by atoms with Gasteiger partial charge in [0.05, 0.1) is 11.1 Å². The molecule has 0 spiro atoms. The molecule has 1 amide bonds. The molecule has 0 aromatic heterocycles. The van der Waals surface area contributed by atoms with Gasteiger partial charge in [0.15, 0.2) is 6.73 Å². The zero-order valence-electron chi connectivity index (χ0n) is 15.0. The number of allylic oxidation sites excluding steroid dienone is 1. The van der Waals surface area contributed by atoms with Crippen LogP contribution in [0.25, 0.3) is 5.57 Å². The molecule has 0 radical (unpaired) electrons. The third-order valence-corrected chi connectivity index (χ3v) is 5.02. The van der Waals surface area contributed by atoms with E-state index < -0.39 is 35.7 Å².